The second kappa shape index (κ2) is 7.51. The van der Waals surface area contributed by atoms with Crippen molar-refractivity contribution < 1.29 is 4.74 Å². The molecule has 0 aliphatic carbocycles. The van der Waals surface area contributed by atoms with Gasteiger partial charge in [-0.05, 0) is 36.4 Å². The predicted octanol–water partition coefficient (Wildman–Crippen LogP) is 5.33. The van der Waals surface area contributed by atoms with Crippen LogP contribution < -0.4 is 4.74 Å². The van der Waals surface area contributed by atoms with E-state index in [1.54, 1.807) is 37.8 Å². The molecule has 0 aliphatic heterocycles. The van der Waals surface area contributed by atoms with E-state index < -0.39 is 0 Å². The maximum absolute atomic E-state index is 10.0. The molecule has 0 spiro atoms. The molecule has 4 aromatic rings. The van der Waals surface area contributed by atoms with E-state index in [1.807, 2.05) is 29.0 Å². The monoisotopic (exact) mass is 408 g/mol. The Morgan fingerprint density at radius 1 is 1.18 bits per heavy atom. The second-order valence-corrected chi connectivity index (χ2v) is 7.01. The average molecular weight is 409 g/mol. The summed E-state index contributed by atoms with van der Waals surface area (Å²) in [5.41, 5.74) is 3.21. The maximum Gasteiger partial charge on any atom is 0.119 e. The Bertz CT molecular complexity index is 1210. The lowest BCUT2D eigenvalue weighted by atomic mass is 9.97. The van der Waals surface area contributed by atoms with Crippen molar-refractivity contribution in [3.63, 3.8) is 0 Å². The van der Waals surface area contributed by atoms with Crippen molar-refractivity contribution in [2.24, 2.45) is 0 Å². The van der Waals surface area contributed by atoms with Crippen LogP contribution in [0.4, 0.5) is 0 Å². The molecule has 0 fully saturated rings. The summed E-state index contributed by atoms with van der Waals surface area (Å²) >= 11 is 12.5. The molecule has 0 bridgehead atoms. The molecule has 0 atom stereocenters. The van der Waals surface area contributed by atoms with E-state index in [1.165, 1.54) is 0 Å². The van der Waals surface area contributed by atoms with Gasteiger partial charge in [0, 0.05) is 33.9 Å². The standard InChI is InChI=1S/C21H14Cl2N4O/c1-28-14-3-5-20-16(9-14)18(11-27-7-6-25-12-27)17(10-24)21(26-20)15-4-2-13(22)8-19(15)23/h2-9,12H,11H2,1H3. The fourth-order valence-corrected chi connectivity index (χ4v) is 3.66. The van der Waals surface area contributed by atoms with Gasteiger partial charge in [-0.3, -0.25) is 0 Å². The van der Waals surface area contributed by atoms with Gasteiger partial charge in [0.15, 0.2) is 0 Å². The number of hydrogen-bond acceptors (Lipinski definition) is 4. The van der Waals surface area contributed by atoms with Gasteiger partial charge in [-0.25, -0.2) is 9.97 Å². The van der Waals surface area contributed by atoms with E-state index in [9.17, 15) is 5.26 Å². The Balaban J connectivity index is 2.04. The molecule has 0 N–H and O–H groups in total. The van der Waals surface area contributed by atoms with Crippen LogP contribution in [0, 0.1) is 11.3 Å². The minimum Gasteiger partial charge on any atom is -0.497 e. The average Bonchev–Trinajstić information content (AvgIpc) is 3.20. The third-order valence-corrected chi connectivity index (χ3v) is 5.05. The van der Waals surface area contributed by atoms with Crippen molar-refractivity contribution in [2.45, 2.75) is 6.54 Å². The number of pyridine rings is 1. The molecule has 7 heteroatoms. The first-order valence-corrected chi connectivity index (χ1v) is 9.18. The van der Waals surface area contributed by atoms with Gasteiger partial charge in [-0.2, -0.15) is 5.26 Å². The smallest absolute Gasteiger partial charge is 0.119 e. The highest BCUT2D eigenvalue weighted by Gasteiger charge is 2.19. The van der Waals surface area contributed by atoms with Crippen molar-refractivity contribution in [3.8, 4) is 23.1 Å². The first kappa shape index (κ1) is 18.3. The summed E-state index contributed by atoms with van der Waals surface area (Å²) in [7, 11) is 1.61. The van der Waals surface area contributed by atoms with E-state index in [0.29, 0.717) is 39.2 Å². The van der Waals surface area contributed by atoms with Gasteiger partial charge in [0.25, 0.3) is 0 Å². The van der Waals surface area contributed by atoms with Crippen molar-refractivity contribution in [3.05, 3.63) is 76.3 Å². The summed E-state index contributed by atoms with van der Waals surface area (Å²) in [5, 5.41) is 11.8. The van der Waals surface area contributed by atoms with Gasteiger partial charge in [-0.1, -0.05) is 23.2 Å². The molecule has 0 aliphatic rings. The number of hydrogen-bond donors (Lipinski definition) is 0. The Kier molecular flexibility index (Phi) is 4.91. The summed E-state index contributed by atoms with van der Waals surface area (Å²) < 4.78 is 7.27. The second-order valence-electron chi connectivity index (χ2n) is 6.17. The van der Waals surface area contributed by atoms with Crippen LogP contribution in [0.1, 0.15) is 11.1 Å². The molecule has 0 unspecified atom stereocenters. The Morgan fingerprint density at radius 3 is 2.71 bits per heavy atom. The lowest BCUT2D eigenvalue weighted by molar-refractivity contribution is 0.415. The van der Waals surface area contributed by atoms with E-state index >= 15 is 0 Å². The van der Waals surface area contributed by atoms with Crippen molar-refractivity contribution in [1.82, 2.24) is 14.5 Å². The van der Waals surface area contributed by atoms with Crippen LogP contribution in [0.2, 0.25) is 10.0 Å². The molecule has 138 valence electrons. The lowest BCUT2D eigenvalue weighted by Gasteiger charge is -2.15. The zero-order chi connectivity index (χ0) is 19.7. The summed E-state index contributed by atoms with van der Waals surface area (Å²) in [6.07, 6.45) is 5.26. The van der Waals surface area contributed by atoms with E-state index in [0.717, 1.165) is 16.5 Å². The maximum atomic E-state index is 10.0. The minimum atomic E-state index is 0.443. The first-order chi connectivity index (χ1) is 13.6. The van der Waals surface area contributed by atoms with Crippen LogP contribution in [0.3, 0.4) is 0 Å². The van der Waals surface area contributed by atoms with Crippen molar-refractivity contribution in [1.29, 1.82) is 5.26 Å². The first-order valence-electron chi connectivity index (χ1n) is 8.42. The SMILES string of the molecule is COc1ccc2nc(-c3ccc(Cl)cc3Cl)c(C#N)c(Cn3ccnc3)c2c1. The molecular weight excluding hydrogens is 395 g/mol. The highest BCUT2D eigenvalue weighted by molar-refractivity contribution is 6.36. The zero-order valence-electron chi connectivity index (χ0n) is 14.9. The molecule has 0 radical (unpaired) electrons. The van der Waals surface area contributed by atoms with Gasteiger partial charge in [0.05, 0.1) is 41.8 Å². The predicted molar refractivity (Wildman–Crippen MR) is 110 cm³/mol. The number of rotatable bonds is 4. The molecule has 2 aromatic heterocycles. The van der Waals surface area contributed by atoms with Crippen LogP contribution in [0.5, 0.6) is 5.75 Å². The van der Waals surface area contributed by atoms with Crippen molar-refractivity contribution >= 4 is 34.1 Å². The van der Waals surface area contributed by atoms with Gasteiger partial charge >= 0.3 is 0 Å². The Hall–Kier alpha value is -3.07. The Morgan fingerprint density at radius 2 is 2.04 bits per heavy atom. The number of benzene rings is 2. The number of halogens is 2. The molecule has 0 amide bonds. The summed E-state index contributed by atoms with van der Waals surface area (Å²) in [6, 6.07) is 13.1. The third kappa shape index (κ3) is 3.29. The number of fused-ring (bicyclic) bond motifs is 1. The topological polar surface area (TPSA) is 63.7 Å². The number of methoxy groups -OCH3 is 1. The molecule has 4 rings (SSSR count). The van der Waals surface area contributed by atoms with E-state index in [2.05, 4.69) is 11.1 Å². The summed E-state index contributed by atoms with van der Waals surface area (Å²) in [4.78, 5) is 8.84. The highest BCUT2D eigenvalue weighted by atomic mass is 35.5. The van der Waals surface area contributed by atoms with E-state index in [4.69, 9.17) is 32.9 Å². The Labute approximate surface area is 171 Å². The minimum absolute atomic E-state index is 0.443. The van der Waals surface area contributed by atoms with Crippen LogP contribution in [-0.4, -0.2) is 21.6 Å². The molecule has 0 saturated heterocycles. The fraction of sp³-hybridized carbons (Fsp3) is 0.0952. The summed E-state index contributed by atoms with van der Waals surface area (Å²) in [5.74, 6) is 0.697. The fourth-order valence-electron chi connectivity index (χ4n) is 3.16. The largest absolute Gasteiger partial charge is 0.497 e. The third-order valence-electron chi connectivity index (χ3n) is 4.50. The quantitative estimate of drug-likeness (QED) is 0.457. The molecular formula is C21H14Cl2N4O. The molecule has 2 heterocycles. The number of imidazole rings is 1. The van der Waals surface area contributed by atoms with Gasteiger partial charge in [-0.15, -0.1) is 0 Å². The molecule has 28 heavy (non-hydrogen) atoms. The summed E-state index contributed by atoms with van der Waals surface area (Å²) in [6.45, 7) is 0.466. The van der Waals surface area contributed by atoms with Crippen molar-refractivity contribution in [2.75, 3.05) is 7.11 Å². The van der Waals surface area contributed by atoms with Crippen LogP contribution in [-0.2, 0) is 6.54 Å². The number of ether oxygens (including phenoxy) is 1. The van der Waals surface area contributed by atoms with Gasteiger partial charge in [0.1, 0.15) is 11.8 Å². The van der Waals surface area contributed by atoms with Crippen LogP contribution in [0.25, 0.3) is 22.2 Å². The molecule has 5 nitrogen and oxygen atoms in total. The number of aromatic nitrogens is 3. The van der Waals surface area contributed by atoms with Gasteiger partial charge in [0.2, 0.25) is 0 Å². The number of nitriles is 1. The van der Waals surface area contributed by atoms with Crippen LogP contribution in [0.15, 0.2) is 55.1 Å². The van der Waals surface area contributed by atoms with Crippen LogP contribution >= 0.6 is 23.2 Å². The lowest BCUT2D eigenvalue weighted by Crippen LogP contribution is -2.05. The number of nitrogens with zero attached hydrogens (tertiary/aromatic N) is 4. The highest BCUT2D eigenvalue weighted by Crippen LogP contribution is 2.36. The normalized spacial score (nSPS) is 10.8. The van der Waals surface area contributed by atoms with Gasteiger partial charge < -0.3 is 9.30 Å². The zero-order valence-corrected chi connectivity index (χ0v) is 16.4. The van der Waals surface area contributed by atoms with E-state index in [-0.39, 0.29) is 0 Å². The molecule has 0 saturated carbocycles. The molecule has 2 aromatic carbocycles.